The van der Waals surface area contributed by atoms with Crippen molar-refractivity contribution in [1.82, 2.24) is 0 Å². The molecule has 0 spiro atoms. The van der Waals surface area contributed by atoms with E-state index in [0.717, 1.165) is 0 Å². The summed E-state index contributed by atoms with van der Waals surface area (Å²) in [7, 11) is 0. The summed E-state index contributed by atoms with van der Waals surface area (Å²) < 4.78 is 4.56. The quantitative estimate of drug-likeness (QED) is 0.422. The van der Waals surface area contributed by atoms with Gasteiger partial charge < -0.3 is 4.74 Å². The second kappa shape index (κ2) is 5.55. The van der Waals surface area contributed by atoms with Crippen LogP contribution >= 0.6 is 27.5 Å². The molecular formula is C6H8BrClO3. The molecule has 0 saturated carbocycles. The van der Waals surface area contributed by atoms with E-state index < -0.39 is 10.8 Å². The van der Waals surface area contributed by atoms with E-state index in [1.54, 1.807) is 6.92 Å². The van der Waals surface area contributed by atoms with Gasteiger partial charge in [-0.15, -0.1) is 11.6 Å². The molecule has 0 aromatic rings. The Kier molecular flexibility index (Phi) is 5.50. The van der Waals surface area contributed by atoms with Gasteiger partial charge >= 0.3 is 5.97 Å². The Bertz CT molecular complexity index is 160. The molecule has 0 aliphatic rings. The molecule has 0 aliphatic carbocycles. The van der Waals surface area contributed by atoms with Gasteiger partial charge in [0.25, 0.3) is 0 Å². The maximum absolute atomic E-state index is 10.8. The summed E-state index contributed by atoms with van der Waals surface area (Å²) >= 11 is 8.07. The summed E-state index contributed by atoms with van der Waals surface area (Å²) in [6.45, 7) is 1.93. The van der Waals surface area contributed by atoms with Crippen LogP contribution in [-0.4, -0.2) is 29.1 Å². The van der Waals surface area contributed by atoms with Gasteiger partial charge in [0.1, 0.15) is 0 Å². The van der Waals surface area contributed by atoms with Gasteiger partial charge in [0.2, 0.25) is 0 Å². The van der Waals surface area contributed by atoms with Crippen molar-refractivity contribution in [2.75, 3.05) is 12.5 Å². The van der Waals surface area contributed by atoms with E-state index >= 15 is 0 Å². The molecule has 0 unspecified atom stereocenters. The van der Waals surface area contributed by atoms with Gasteiger partial charge in [-0.3, -0.25) is 9.59 Å². The summed E-state index contributed by atoms with van der Waals surface area (Å²) in [5.41, 5.74) is 0. The van der Waals surface area contributed by atoms with E-state index in [2.05, 4.69) is 20.7 Å². The highest BCUT2D eigenvalue weighted by Crippen LogP contribution is 2.04. The van der Waals surface area contributed by atoms with Gasteiger partial charge in [0, 0.05) is 0 Å². The first kappa shape index (κ1) is 10.9. The molecule has 0 rings (SSSR count). The number of rotatable bonds is 4. The summed E-state index contributed by atoms with van der Waals surface area (Å²) in [6.07, 6.45) is 0. The lowest BCUT2D eigenvalue weighted by Crippen LogP contribution is -2.27. The van der Waals surface area contributed by atoms with Crippen LogP contribution in [0.25, 0.3) is 0 Å². The number of alkyl halides is 2. The molecule has 0 saturated heterocycles. The van der Waals surface area contributed by atoms with E-state index in [1.165, 1.54) is 0 Å². The lowest BCUT2D eigenvalue weighted by atomic mass is 10.3. The minimum Gasteiger partial charge on any atom is -0.465 e. The maximum atomic E-state index is 10.8. The second-order valence-electron chi connectivity index (χ2n) is 1.71. The van der Waals surface area contributed by atoms with Gasteiger partial charge in [0.05, 0.1) is 12.5 Å². The molecule has 0 heterocycles. The molecule has 0 bridgehead atoms. The summed E-state index contributed by atoms with van der Waals surface area (Å²) in [5.74, 6) is -1.15. The van der Waals surface area contributed by atoms with Crippen molar-refractivity contribution in [3.05, 3.63) is 0 Å². The highest BCUT2D eigenvalue weighted by atomic mass is 79.9. The molecule has 0 radical (unpaired) electrons. The van der Waals surface area contributed by atoms with Gasteiger partial charge in [-0.25, -0.2) is 0 Å². The maximum Gasteiger partial charge on any atom is 0.327 e. The SMILES string of the molecule is CCOC(=O)[C@@H](Br)C(=O)CCl. The van der Waals surface area contributed by atoms with E-state index in [-0.39, 0.29) is 18.3 Å². The normalized spacial score (nSPS) is 12.3. The second-order valence-corrected chi connectivity index (χ2v) is 2.90. The highest BCUT2D eigenvalue weighted by Gasteiger charge is 2.23. The van der Waals surface area contributed by atoms with Crippen molar-refractivity contribution >= 4 is 39.3 Å². The molecule has 0 N–H and O–H groups in total. The first-order valence-corrected chi connectivity index (χ1v) is 4.47. The van der Waals surface area contributed by atoms with Crippen LogP contribution < -0.4 is 0 Å². The fraction of sp³-hybridized carbons (Fsp3) is 0.667. The third-order valence-corrected chi connectivity index (χ3v) is 2.06. The molecule has 0 amide bonds. The van der Waals surface area contributed by atoms with E-state index in [0.29, 0.717) is 0 Å². The van der Waals surface area contributed by atoms with Crippen LogP contribution in [0.2, 0.25) is 0 Å². The number of ether oxygens (including phenoxy) is 1. The van der Waals surface area contributed by atoms with Crippen molar-refractivity contribution in [3.63, 3.8) is 0 Å². The molecule has 0 aliphatic heterocycles. The van der Waals surface area contributed by atoms with Gasteiger partial charge in [-0.05, 0) is 6.92 Å². The minimum absolute atomic E-state index is 0.186. The van der Waals surface area contributed by atoms with Crippen LogP contribution in [0.3, 0.4) is 0 Å². The number of ketones is 1. The molecule has 11 heavy (non-hydrogen) atoms. The Balaban J connectivity index is 3.91. The first-order valence-electron chi connectivity index (χ1n) is 3.02. The Hall–Kier alpha value is -0.0900. The topological polar surface area (TPSA) is 43.4 Å². The van der Waals surface area contributed by atoms with Gasteiger partial charge in [-0.1, -0.05) is 15.9 Å². The molecule has 64 valence electrons. The average molecular weight is 243 g/mol. The largest absolute Gasteiger partial charge is 0.465 e. The predicted molar refractivity (Wildman–Crippen MR) is 45.1 cm³/mol. The molecular weight excluding hydrogens is 235 g/mol. The van der Waals surface area contributed by atoms with Crippen LogP contribution in [0.1, 0.15) is 6.92 Å². The Morgan fingerprint density at radius 2 is 2.18 bits per heavy atom. The van der Waals surface area contributed by atoms with Gasteiger partial charge in [-0.2, -0.15) is 0 Å². The van der Waals surface area contributed by atoms with Crippen LogP contribution in [0, 0.1) is 0 Å². The fourth-order valence-corrected chi connectivity index (χ4v) is 1.05. The fourth-order valence-electron chi connectivity index (χ4n) is 0.415. The van der Waals surface area contributed by atoms with E-state index in [9.17, 15) is 9.59 Å². The molecule has 5 heteroatoms. The molecule has 0 fully saturated rings. The van der Waals surface area contributed by atoms with Crippen LogP contribution in [0.4, 0.5) is 0 Å². The number of carbonyl (C=O) groups excluding carboxylic acids is 2. The zero-order chi connectivity index (χ0) is 8.85. The van der Waals surface area contributed by atoms with Crippen molar-refractivity contribution < 1.29 is 14.3 Å². The summed E-state index contributed by atoms with van der Waals surface area (Å²) in [4.78, 5) is 20.6. The molecule has 0 aromatic heterocycles. The summed E-state index contributed by atoms with van der Waals surface area (Å²) in [5, 5.41) is 0. The molecule has 3 nitrogen and oxygen atoms in total. The highest BCUT2D eigenvalue weighted by molar-refractivity contribution is 9.10. The Labute approximate surface area is 78.2 Å². The standard InChI is InChI=1S/C6H8BrClO3/c1-2-11-6(10)5(7)4(9)3-8/h5H,2-3H2,1H3/t5-/m0/s1. The number of halogens is 2. The monoisotopic (exact) mass is 242 g/mol. The van der Waals surface area contributed by atoms with Crippen molar-refractivity contribution in [2.45, 2.75) is 11.8 Å². The van der Waals surface area contributed by atoms with Crippen molar-refractivity contribution in [2.24, 2.45) is 0 Å². The van der Waals surface area contributed by atoms with E-state index in [1.807, 2.05) is 0 Å². The number of hydrogen-bond acceptors (Lipinski definition) is 3. The zero-order valence-corrected chi connectivity index (χ0v) is 8.31. The zero-order valence-electron chi connectivity index (χ0n) is 5.97. The first-order chi connectivity index (χ1) is 5.13. The Morgan fingerprint density at radius 1 is 1.64 bits per heavy atom. The average Bonchev–Trinajstić information content (AvgIpc) is 2.02. The molecule has 1 atom stereocenters. The van der Waals surface area contributed by atoms with Crippen LogP contribution in [-0.2, 0) is 14.3 Å². The summed E-state index contributed by atoms with van der Waals surface area (Å²) in [6, 6.07) is 0. The van der Waals surface area contributed by atoms with Crippen molar-refractivity contribution in [3.8, 4) is 0 Å². The third kappa shape index (κ3) is 3.72. The number of carbonyl (C=O) groups is 2. The number of esters is 1. The number of hydrogen-bond donors (Lipinski definition) is 0. The van der Waals surface area contributed by atoms with E-state index in [4.69, 9.17) is 11.6 Å². The van der Waals surface area contributed by atoms with Crippen LogP contribution in [0.15, 0.2) is 0 Å². The predicted octanol–water partition coefficient (Wildman–Crippen LogP) is 1.12. The molecule has 0 aromatic carbocycles. The minimum atomic E-state index is -0.917. The Morgan fingerprint density at radius 3 is 2.55 bits per heavy atom. The smallest absolute Gasteiger partial charge is 0.327 e. The van der Waals surface area contributed by atoms with Gasteiger partial charge in [0.15, 0.2) is 10.6 Å². The lowest BCUT2D eigenvalue weighted by molar-refractivity contribution is -0.144. The number of Topliss-reactive ketones (excluding diaryl/α,β-unsaturated/α-hetero) is 1. The third-order valence-electron chi connectivity index (χ3n) is 0.908. The van der Waals surface area contributed by atoms with Crippen LogP contribution in [0.5, 0.6) is 0 Å². The lowest BCUT2D eigenvalue weighted by Gasteiger charge is -2.04. The van der Waals surface area contributed by atoms with Crippen molar-refractivity contribution in [1.29, 1.82) is 0 Å².